The normalized spacial score (nSPS) is 15.7. The zero-order valence-corrected chi connectivity index (χ0v) is 16.2. The van der Waals surface area contributed by atoms with E-state index in [1.165, 1.54) is 0 Å². The molecule has 0 aliphatic carbocycles. The second kappa shape index (κ2) is 6.63. The van der Waals surface area contributed by atoms with Gasteiger partial charge in [-0.05, 0) is 22.9 Å². The zero-order chi connectivity index (χ0) is 17.3. The second-order valence-corrected chi connectivity index (χ2v) is 8.00. The van der Waals surface area contributed by atoms with Gasteiger partial charge >= 0.3 is 0 Å². The molecule has 3 heterocycles. The lowest BCUT2D eigenvalue weighted by Crippen LogP contribution is -2.47. The molecule has 0 aromatic carbocycles. The van der Waals surface area contributed by atoms with Gasteiger partial charge in [0.2, 0.25) is 5.95 Å². The fourth-order valence-corrected chi connectivity index (χ4v) is 2.91. The molecular formula is C17H23BrN6. The van der Waals surface area contributed by atoms with Crippen LogP contribution in [0.15, 0.2) is 22.9 Å². The third-order valence-corrected chi connectivity index (χ3v) is 4.50. The number of rotatable bonds is 2. The molecule has 0 bridgehead atoms. The standard InChI is InChI=1S/C17H23BrN6/c1-12-21-14(17(2,3)4)9-15(22-12)23-5-7-24(8-6-23)16-19-10-13(18)11-20-16/h9-11H,5-8H2,1-4H3. The van der Waals surface area contributed by atoms with Crippen molar-refractivity contribution >= 4 is 27.7 Å². The van der Waals surface area contributed by atoms with Crippen LogP contribution in [0.1, 0.15) is 32.3 Å². The lowest BCUT2D eigenvalue weighted by atomic mass is 9.92. The van der Waals surface area contributed by atoms with E-state index in [-0.39, 0.29) is 5.41 Å². The number of hydrogen-bond acceptors (Lipinski definition) is 6. The predicted octanol–water partition coefficient (Wildman–Crippen LogP) is 2.96. The van der Waals surface area contributed by atoms with Gasteiger partial charge in [-0.3, -0.25) is 0 Å². The molecule has 1 fully saturated rings. The number of aryl methyl sites for hydroxylation is 1. The van der Waals surface area contributed by atoms with Crippen molar-refractivity contribution in [1.82, 2.24) is 19.9 Å². The molecule has 1 aliphatic rings. The Morgan fingerprint density at radius 3 is 2.12 bits per heavy atom. The van der Waals surface area contributed by atoms with E-state index in [9.17, 15) is 0 Å². The average Bonchev–Trinajstić information content (AvgIpc) is 2.54. The Morgan fingerprint density at radius 2 is 1.54 bits per heavy atom. The Morgan fingerprint density at radius 1 is 0.958 bits per heavy atom. The molecule has 128 valence electrons. The fourth-order valence-electron chi connectivity index (χ4n) is 2.70. The highest BCUT2D eigenvalue weighted by Gasteiger charge is 2.23. The molecular weight excluding hydrogens is 368 g/mol. The van der Waals surface area contributed by atoms with Crippen LogP contribution < -0.4 is 9.80 Å². The van der Waals surface area contributed by atoms with Gasteiger partial charge in [-0.2, -0.15) is 0 Å². The molecule has 0 N–H and O–H groups in total. The highest BCUT2D eigenvalue weighted by molar-refractivity contribution is 9.10. The van der Waals surface area contributed by atoms with Crippen molar-refractivity contribution in [2.45, 2.75) is 33.1 Å². The van der Waals surface area contributed by atoms with Crippen LogP contribution in [0.5, 0.6) is 0 Å². The lowest BCUT2D eigenvalue weighted by molar-refractivity contribution is 0.561. The molecule has 0 unspecified atom stereocenters. The molecule has 0 radical (unpaired) electrons. The molecule has 0 saturated carbocycles. The van der Waals surface area contributed by atoms with E-state index >= 15 is 0 Å². The van der Waals surface area contributed by atoms with Crippen LogP contribution in [0.25, 0.3) is 0 Å². The molecule has 0 amide bonds. The van der Waals surface area contributed by atoms with Crippen LogP contribution in [0, 0.1) is 6.92 Å². The van der Waals surface area contributed by atoms with Gasteiger partial charge < -0.3 is 9.80 Å². The highest BCUT2D eigenvalue weighted by atomic mass is 79.9. The first-order chi connectivity index (χ1) is 11.3. The van der Waals surface area contributed by atoms with Crippen molar-refractivity contribution in [2.24, 2.45) is 0 Å². The predicted molar refractivity (Wildman–Crippen MR) is 99.6 cm³/mol. The Kier molecular flexibility index (Phi) is 4.71. The van der Waals surface area contributed by atoms with Crippen molar-refractivity contribution < 1.29 is 0 Å². The molecule has 1 saturated heterocycles. The summed E-state index contributed by atoms with van der Waals surface area (Å²) in [7, 11) is 0. The van der Waals surface area contributed by atoms with Crippen molar-refractivity contribution in [3.05, 3.63) is 34.5 Å². The van der Waals surface area contributed by atoms with Gasteiger partial charge in [0.15, 0.2) is 0 Å². The summed E-state index contributed by atoms with van der Waals surface area (Å²) in [5.74, 6) is 2.63. The van der Waals surface area contributed by atoms with E-state index in [2.05, 4.69) is 72.5 Å². The molecule has 3 rings (SSSR count). The minimum Gasteiger partial charge on any atom is -0.353 e. The van der Waals surface area contributed by atoms with Crippen LogP contribution in [0.3, 0.4) is 0 Å². The SMILES string of the molecule is Cc1nc(N2CCN(c3ncc(Br)cn3)CC2)cc(C(C)(C)C)n1. The summed E-state index contributed by atoms with van der Waals surface area (Å²) in [5.41, 5.74) is 1.11. The van der Waals surface area contributed by atoms with Gasteiger partial charge in [0, 0.05) is 50.1 Å². The summed E-state index contributed by atoms with van der Waals surface area (Å²) >= 11 is 3.37. The Labute approximate surface area is 151 Å². The lowest BCUT2D eigenvalue weighted by Gasteiger charge is -2.35. The van der Waals surface area contributed by atoms with Gasteiger partial charge in [0.1, 0.15) is 11.6 Å². The number of aromatic nitrogens is 4. The van der Waals surface area contributed by atoms with Crippen LogP contribution in [0.4, 0.5) is 11.8 Å². The number of halogens is 1. The van der Waals surface area contributed by atoms with E-state index < -0.39 is 0 Å². The van der Waals surface area contributed by atoms with Gasteiger partial charge in [0.05, 0.1) is 10.2 Å². The van der Waals surface area contributed by atoms with E-state index in [0.29, 0.717) is 0 Å². The van der Waals surface area contributed by atoms with Gasteiger partial charge in [0.25, 0.3) is 0 Å². The number of nitrogens with zero attached hydrogens (tertiary/aromatic N) is 6. The Hall–Kier alpha value is -1.76. The molecule has 6 nitrogen and oxygen atoms in total. The van der Waals surface area contributed by atoms with Crippen molar-refractivity contribution in [3.8, 4) is 0 Å². The first-order valence-corrected chi connectivity index (χ1v) is 8.96. The minimum atomic E-state index is 0.0234. The van der Waals surface area contributed by atoms with E-state index in [1.54, 1.807) is 12.4 Å². The second-order valence-electron chi connectivity index (χ2n) is 7.08. The minimum absolute atomic E-state index is 0.0234. The third kappa shape index (κ3) is 3.83. The van der Waals surface area contributed by atoms with Crippen molar-refractivity contribution in [2.75, 3.05) is 36.0 Å². The summed E-state index contributed by atoms with van der Waals surface area (Å²) in [4.78, 5) is 22.5. The third-order valence-electron chi connectivity index (χ3n) is 4.09. The highest BCUT2D eigenvalue weighted by Crippen LogP contribution is 2.24. The molecule has 2 aromatic heterocycles. The largest absolute Gasteiger partial charge is 0.353 e. The summed E-state index contributed by atoms with van der Waals surface area (Å²) < 4.78 is 0.899. The van der Waals surface area contributed by atoms with Gasteiger partial charge in [-0.15, -0.1) is 0 Å². The van der Waals surface area contributed by atoms with Crippen LogP contribution in [-0.2, 0) is 5.41 Å². The Balaban J connectivity index is 1.73. The molecule has 24 heavy (non-hydrogen) atoms. The monoisotopic (exact) mass is 390 g/mol. The summed E-state index contributed by atoms with van der Waals surface area (Å²) in [6.07, 6.45) is 3.58. The smallest absolute Gasteiger partial charge is 0.225 e. The van der Waals surface area contributed by atoms with E-state index in [1.807, 2.05) is 6.92 Å². The first kappa shape index (κ1) is 17.1. The maximum atomic E-state index is 4.64. The maximum Gasteiger partial charge on any atom is 0.225 e. The average molecular weight is 391 g/mol. The number of anilines is 2. The number of piperazine rings is 1. The topological polar surface area (TPSA) is 58.0 Å². The van der Waals surface area contributed by atoms with E-state index in [0.717, 1.165) is 53.9 Å². The maximum absolute atomic E-state index is 4.64. The summed E-state index contributed by atoms with van der Waals surface area (Å²) in [6, 6.07) is 2.12. The summed E-state index contributed by atoms with van der Waals surface area (Å²) in [6.45, 7) is 12.1. The molecule has 0 spiro atoms. The quantitative estimate of drug-likeness (QED) is 0.785. The number of hydrogen-bond donors (Lipinski definition) is 0. The molecule has 0 atom stereocenters. The van der Waals surface area contributed by atoms with Gasteiger partial charge in [-0.25, -0.2) is 19.9 Å². The zero-order valence-electron chi connectivity index (χ0n) is 14.6. The van der Waals surface area contributed by atoms with Crippen LogP contribution in [-0.4, -0.2) is 46.1 Å². The fraction of sp³-hybridized carbons (Fsp3) is 0.529. The van der Waals surface area contributed by atoms with Crippen LogP contribution in [0.2, 0.25) is 0 Å². The first-order valence-electron chi connectivity index (χ1n) is 8.16. The summed E-state index contributed by atoms with van der Waals surface area (Å²) in [5, 5.41) is 0. The van der Waals surface area contributed by atoms with Crippen molar-refractivity contribution in [1.29, 1.82) is 0 Å². The van der Waals surface area contributed by atoms with E-state index in [4.69, 9.17) is 0 Å². The molecule has 2 aromatic rings. The molecule has 1 aliphatic heterocycles. The van der Waals surface area contributed by atoms with Crippen LogP contribution >= 0.6 is 15.9 Å². The Bertz CT molecular complexity index is 702. The molecule has 7 heteroatoms. The van der Waals surface area contributed by atoms with Crippen molar-refractivity contribution in [3.63, 3.8) is 0 Å². The van der Waals surface area contributed by atoms with Gasteiger partial charge in [-0.1, -0.05) is 20.8 Å².